The standard InChI is InChI=1S/C37H56O/c1-3-5-7-10-30-13-15-32(16-14-30)12-9-29-38-37-27-25-36(26-28-37)35-23-21-34(22-24-35)33-19-17-31(18-20-33)11-8-6-4-2/h21-28,30-33H,3-20,29H2,1-2H3/t30-,31-,32-,33-. The maximum absolute atomic E-state index is 6.11. The first-order chi connectivity index (χ1) is 18.7. The normalized spacial score (nSPS) is 23.8. The minimum Gasteiger partial charge on any atom is -0.494 e. The monoisotopic (exact) mass is 516 g/mol. The summed E-state index contributed by atoms with van der Waals surface area (Å²) in [4.78, 5) is 0. The maximum atomic E-state index is 6.11. The second kappa shape index (κ2) is 16.4. The van der Waals surface area contributed by atoms with Crippen LogP contribution >= 0.6 is 0 Å². The molecule has 1 nitrogen and oxygen atoms in total. The minimum absolute atomic E-state index is 0.767. The van der Waals surface area contributed by atoms with Gasteiger partial charge >= 0.3 is 0 Å². The van der Waals surface area contributed by atoms with Gasteiger partial charge in [-0.3, -0.25) is 0 Å². The molecule has 210 valence electrons. The summed E-state index contributed by atoms with van der Waals surface area (Å²) in [6, 6.07) is 18.2. The van der Waals surface area contributed by atoms with E-state index in [4.69, 9.17) is 4.74 Å². The highest BCUT2D eigenvalue weighted by molar-refractivity contribution is 5.64. The Balaban J connectivity index is 1.13. The van der Waals surface area contributed by atoms with Gasteiger partial charge in [0.1, 0.15) is 5.75 Å². The highest BCUT2D eigenvalue weighted by atomic mass is 16.5. The Morgan fingerprint density at radius 3 is 1.47 bits per heavy atom. The molecular formula is C37H56O. The lowest BCUT2D eigenvalue weighted by Crippen LogP contribution is -2.15. The zero-order chi connectivity index (χ0) is 26.4. The number of rotatable bonds is 15. The van der Waals surface area contributed by atoms with E-state index in [0.29, 0.717) is 0 Å². The molecule has 0 bridgehead atoms. The van der Waals surface area contributed by atoms with Crippen molar-refractivity contribution in [1.29, 1.82) is 0 Å². The zero-order valence-corrected chi connectivity index (χ0v) is 24.8. The van der Waals surface area contributed by atoms with Crippen molar-refractivity contribution in [3.63, 3.8) is 0 Å². The number of hydrogen-bond acceptors (Lipinski definition) is 1. The Labute approximate surface area is 235 Å². The SMILES string of the molecule is CCCCC[C@H]1CC[C@H](CCCOc2ccc(-c3ccc([C@H]4CC[C@H](CCCCC)CC4)cc3)cc2)CC1. The highest BCUT2D eigenvalue weighted by Gasteiger charge is 2.22. The molecule has 2 aromatic rings. The fourth-order valence-electron chi connectivity index (χ4n) is 7.21. The molecule has 4 rings (SSSR count). The van der Waals surface area contributed by atoms with Crippen molar-refractivity contribution in [1.82, 2.24) is 0 Å². The highest BCUT2D eigenvalue weighted by Crippen LogP contribution is 2.38. The topological polar surface area (TPSA) is 9.23 Å². The Morgan fingerprint density at radius 2 is 0.974 bits per heavy atom. The third kappa shape index (κ3) is 9.46. The van der Waals surface area contributed by atoms with Crippen molar-refractivity contribution < 1.29 is 4.74 Å². The second-order valence-electron chi connectivity index (χ2n) is 12.7. The van der Waals surface area contributed by atoms with Crippen molar-refractivity contribution in [2.45, 2.75) is 135 Å². The lowest BCUT2D eigenvalue weighted by atomic mass is 9.77. The number of hydrogen-bond donors (Lipinski definition) is 0. The molecule has 2 saturated carbocycles. The fraction of sp³-hybridized carbons (Fsp3) is 0.676. The average Bonchev–Trinajstić information content (AvgIpc) is 2.97. The first-order valence-electron chi connectivity index (χ1n) is 16.6. The summed E-state index contributed by atoms with van der Waals surface area (Å²) in [5.74, 6) is 4.72. The summed E-state index contributed by atoms with van der Waals surface area (Å²) in [6.07, 6.45) is 25.3. The predicted molar refractivity (Wildman–Crippen MR) is 165 cm³/mol. The van der Waals surface area contributed by atoms with Gasteiger partial charge in [-0.1, -0.05) is 127 Å². The lowest BCUT2D eigenvalue weighted by Gasteiger charge is -2.29. The Morgan fingerprint density at radius 1 is 0.526 bits per heavy atom. The Kier molecular flexibility index (Phi) is 12.6. The van der Waals surface area contributed by atoms with Gasteiger partial charge in [0.2, 0.25) is 0 Å². The van der Waals surface area contributed by atoms with Gasteiger partial charge in [0.15, 0.2) is 0 Å². The van der Waals surface area contributed by atoms with E-state index >= 15 is 0 Å². The van der Waals surface area contributed by atoms with Crippen LogP contribution in [0.1, 0.15) is 141 Å². The Bertz CT molecular complexity index is 866. The van der Waals surface area contributed by atoms with Crippen LogP contribution in [0.2, 0.25) is 0 Å². The molecule has 0 atom stereocenters. The van der Waals surface area contributed by atoms with Crippen molar-refractivity contribution in [2.75, 3.05) is 6.61 Å². The van der Waals surface area contributed by atoms with E-state index in [1.807, 2.05) is 0 Å². The Hall–Kier alpha value is -1.76. The summed E-state index contributed by atoms with van der Waals surface area (Å²) in [5, 5.41) is 0. The first kappa shape index (κ1) is 29.2. The molecule has 0 aromatic heterocycles. The van der Waals surface area contributed by atoms with Crippen molar-refractivity contribution >= 4 is 0 Å². The molecule has 0 amide bonds. The largest absolute Gasteiger partial charge is 0.494 e. The molecule has 0 radical (unpaired) electrons. The molecule has 2 aliphatic rings. The summed E-state index contributed by atoms with van der Waals surface area (Å²) in [7, 11) is 0. The summed E-state index contributed by atoms with van der Waals surface area (Å²) in [6.45, 7) is 5.47. The third-order valence-corrected chi connectivity index (χ3v) is 9.84. The fourth-order valence-corrected chi connectivity index (χ4v) is 7.21. The van der Waals surface area contributed by atoms with Crippen molar-refractivity contribution in [3.8, 4) is 16.9 Å². The molecule has 0 N–H and O–H groups in total. The van der Waals surface area contributed by atoms with Gasteiger partial charge in [-0.05, 0) is 91.0 Å². The van der Waals surface area contributed by atoms with E-state index < -0.39 is 0 Å². The van der Waals surface area contributed by atoms with Crippen LogP contribution in [0.4, 0.5) is 0 Å². The molecule has 0 unspecified atom stereocenters. The molecule has 0 aliphatic heterocycles. The van der Waals surface area contributed by atoms with E-state index in [9.17, 15) is 0 Å². The van der Waals surface area contributed by atoms with E-state index in [-0.39, 0.29) is 0 Å². The lowest BCUT2D eigenvalue weighted by molar-refractivity contribution is 0.228. The molecule has 2 aromatic carbocycles. The van der Waals surface area contributed by atoms with Crippen LogP contribution in [0, 0.1) is 17.8 Å². The summed E-state index contributed by atoms with van der Waals surface area (Å²) < 4.78 is 6.11. The molecule has 1 heteroatoms. The maximum Gasteiger partial charge on any atom is 0.119 e. The van der Waals surface area contributed by atoms with Crippen LogP contribution in [0.15, 0.2) is 48.5 Å². The summed E-state index contributed by atoms with van der Waals surface area (Å²) >= 11 is 0. The van der Waals surface area contributed by atoms with Gasteiger partial charge in [-0.2, -0.15) is 0 Å². The van der Waals surface area contributed by atoms with Crippen LogP contribution in [0.5, 0.6) is 5.75 Å². The number of ether oxygens (including phenoxy) is 1. The smallest absolute Gasteiger partial charge is 0.119 e. The van der Waals surface area contributed by atoms with Crippen LogP contribution < -0.4 is 4.74 Å². The van der Waals surface area contributed by atoms with Gasteiger partial charge < -0.3 is 4.74 Å². The van der Waals surface area contributed by atoms with Gasteiger partial charge in [0, 0.05) is 0 Å². The molecule has 2 aliphatic carbocycles. The molecule has 38 heavy (non-hydrogen) atoms. The molecule has 2 fully saturated rings. The molecule has 0 heterocycles. The van der Waals surface area contributed by atoms with Gasteiger partial charge in [0.05, 0.1) is 6.61 Å². The molecular weight excluding hydrogens is 460 g/mol. The van der Waals surface area contributed by atoms with Gasteiger partial charge in [-0.25, -0.2) is 0 Å². The third-order valence-electron chi connectivity index (χ3n) is 9.84. The van der Waals surface area contributed by atoms with Crippen LogP contribution in [-0.2, 0) is 0 Å². The predicted octanol–water partition coefficient (Wildman–Crippen LogP) is 11.8. The number of unbranched alkanes of at least 4 members (excludes halogenated alkanes) is 4. The van der Waals surface area contributed by atoms with Crippen LogP contribution in [0.3, 0.4) is 0 Å². The summed E-state index contributed by atoms with van der Waals surface area (Å²) in [5.41, 5.74) is 4.16. The second-order valence-corrected chi connectivity index (χ2v) is 12.7. The quantitative estimate of drug-likeness (QED) is 0.214. The van der Waals surface area contributed by atoms with E-state index in [0.717, 1.165) is 36.0 Å². The van der Waals surface area contributed by atoms with Crippen molar-refractivity contribution in [2.24, 2.45) is 17.8 Å². The number of benzene rings is 2. The van der Waals surface area contributed by atoms with Crippen LogP contribution in [-0.4, -0.2) is 6.61 Å². The van der Waals surface area contributed by atoms with Crippen LogP contribution in [0.25, 0.3) is 11.1 Å². The van der Waals surface area contributed by atoms with Gasteiger partial charge in [0.25, 0.3) is 0 Å². The first-order valence-corrected chi connectivity index (χ1v) is 16.6. The van der Waals surface area contributed by atoms with E-state index in [1.54, 1.807) is 5.56 Å². The minimum atomic E-state index is 0.767. The molecule has 0 spiro atoms. The van der Waals surface area contributed by atoms with E-state index in [2.05, 4.69) is 62.4 Å². The van der Waals surface area contributed by atoms with E-state index in [1.165, 1.54) is 127 Å². The molecule has 0 saturated heterocycles. The zero-order valence-electron chi connectivity index (χ0n) is 24.8. The van der Waals surface area contributed by atoms with Crippen molar-refractivity contribution in [3.05, 3.63) is 54.1 Å². The average molecular weight is 517 g/mol. The van der Waals surface area contributed by atoms with Gasteiger partial charge in [-0.15, -0.1) is 0 Å².